The first-order valence-corrected chi connectivity index (χ1v) is 3.27. The summed E-state index contributed by atoms with van der Waals surface area (Å²) in [7, 11) is 0. The maximum absolute atomic E-state index is 10.6. The molecule has 0 heterocycles. The topological polar surface area (TPSA) is 87.0 Å². The quantitative estimate of drug-likeness (QED) is 0.429. The lowest BCUT2D eigenvalue weighted by Gasteiger charge is -2.13. The van der Waals surface area contributed by atoms with Gasteiger partial charge in [0.25, 0.3) is 0 Å². The number of carbonyl (C=O) groups excluding carboxylic acids is 1. The van der Waals surface area contributed by atoms with E-state index >= 15 is 0 Å². The van der Waals surface area contributed by atoms with Crippen molar-refractivity contribution in [1.29, 1.82) is 0 Å². The summed E-state index contributed by atoms with van der Waals surface area (Å²) in [5.74, 6) is -0.922. The molecule has 5 heteroatoms. The van der Waals surface area contributed by atoms with Gasteiger partial charge in [-0.2, -0.15) is 0 Å². The van der Waals surface area contributed by atoms with Gasteiger partial charge in [0, 0.05) is 0 Å². The molecule has 0 fully saturated rings. The number of aliphatic hydroxyl groups excluding tert-OH is 3. The highest BCUT2D eigenvalue weighted by Gasteiger charge is 2.24. The average molecular weight is 164 g/mol. The van der Waals surface area contributed by atoms with E-state index in [0.29, 0.717) is 0 Å². The Bertz CT molecular complexity index is 124. The second kappa shape index (κ2) is 5.06. The highest BCUT2D eigenvalue weighted by Crippen LogP contribution is 1.95. The zero-order valence-corrected chi connectivity index (χ0v) is 6.23. The van der Waals surface area contributed by atoms with Gasteiger partial charge in [0.15, 0.2) is 6.10 Å². The van der Waals surface area contributed by atoms with Gasteiger partial charge in [-0.1, -0.05) is 0 Å². The number of hydrogen-bond acceptors (Lipinski definition) is 5. The molecule has 0 aliphatic heterocycles. The maximum atomic E-state index is 10.6. The predicted molar refractivity (Wildman–Crippen MR) is 35.7 cm³/mol. The molecule has 0 aliphatic rings. The van der Waals surface area contributed by atoms with Crippen molar-refractivity contribution in [3.63, 3.8) is 0 Å². The molecule has 0 aromatic heterocycles. The Hall–Kier alpha value is -0.650. The summed E-state index contributed by atoms with van der Waals surface area (Å²) in [5.41, 5.74) is 0. The molecule has 0 radical (unpaired) electrons. The lowest BCUT2D eigenvalue weighted by Crippen LogP contribution is -2.37. The van der Waals surface area contributed by atoms with Gasteiger partial charge in [0.1, 0.15) is 6.10 Å². The Labute approximate surface area is 64.2 Å². The number of ether oxygens (including phenoxy) is 1. The van der Waals surface area contributed by atoms with Gasteiger partial charge in [0.05, 0.1) is 13.2 Å². The molecule has 0 aromatic rings. The highest BCUT2D eigenvalue weighted by molar-refractivity contribution is 5.75. The van der Waals surface area contributed by atoms with Gasteiger partial charge in [-0.3, -0.25) is 0 Å². The summed E-state index contributed by atoms with van der Waals surface area (Å²) in [6, 6.07) is 0. The molecule has 11 heavy (non-hydrogen) atoms. The van der Waals surface area contributed by atoms with E-state index in [1.165, 1.54) is 0 Å². The third-order valence-corrected chi connectivity index (χ3v) is 1.08. The fourth-order valence-electron chi connectivity index (χ4n) is 0.485. The van der Waals surface area contributed by atoms with Crippen LogP contribution in [0.15, 0.2) is 0 Å². The second-order valence-electron chi connectivity index (χ2n) is 1.95. The van der Waals surface area contributed by atoms with Crippen LogP contribution in [-0.4, -0.2) is 46.7 Å². The lowest BCUT2D eigenvalue weighted by atomic mass is 10.2. The van der Waals surface area contributed by atoms with Crippen molar-refractivity contribution in [2.45, 2.75) is 19.1 Å². The molecule has 0 bridgehead atoms. The van der Waals surface area contributed by atoms with Crippen molar-refractivity contribution in [2.24, 2.45) is 0 Å². The van der Waals surface area contributed by atoms with Crippen LogP contribution in [0.4, 0.5) is 0 Å². The van der Waals surface area contributed by atoms with E-state index in [2.05, 4.69) is 4.74 Å². The molecule has 2 atom stereocenters. The number of carbonyl (C=O) groups is 1. The van der Waals surface area contributed by atoms with Crippen LogP contribution in [-0.2, 0) is 9.53 Å². The fourth-order valence-corrected chi connectivity index (χ4v) is 0.485. The third kappa shape index (κ3) is 3.31. The molecule has 0 aliphatic carbocycles. The van der Waals surface area contributed by atoms with Gasteiger partial charge >= 0.3 is 5.97 Å². The zero-order valence-electron chi connectivity index (χ0n) is 6.23. The van der Waals surface area contributed by atoms with Gasteiger partial charge in [-0.05, 0) is 6.92 Å². The SMILES string of the molecule is CCOC(=O)[C@H](O)[C@H](O)CO. The Kier molecular flexibility index (Phi) is 4.76. The van der Waals surface area contributed by atoms with Crippen molar-refractivity contribution in [3.05, 3.63) is 0 Å². The van der Waals surface area contributed by atoms with Crippen LogP contribution in [0.3, 0.4) is 0 Å². The molecular weight excluding hydrogens is 152 g/mol. The normalized spacial score (nSPS) is 15.6. The average Bonchev–Trinajstić information content (AvgIpc) is 2.02. The Morgan fingerprint density at radius 2 is 2.09 bits per heavy atom. The van der Waals surface area contributed by atoms with Crippen LogP contribution >= 0.6 is 0 Å². The molecule has 0 saturated heterocycles. The molecule has 0 spiro atoms. The van der Waals surface area contributed by atoms with Crippen molar-refractivity contribution in [2.75, 3.05) is 13.2 Å². The molecule has 0 unspecified atom stereocenters. The predicted octanol–water partition coefficient (Wildman–Crippen LogP) is -1.74. The van der Waals surface area contributed by atoms with Crippen LogP contribution in [0.5, 0.6) is 0 Å². The Morgan fingerprint density at radius 3 is 2.45 bits per heavy atom. The first kappa shape index (κ1) is 10.3. The summed E-state index contributed by atoms with van der Waals surface area (Å²) in [5, 5.41) is 25.9. The standard InChI is InChI=1S/C6H12O5/c1-2-11-6(10)5(9)4(8)3-7/h4-5,7-9H,2-3H2,1H3/t4-,5-/m1/s1. The summed E-state index contributed by atoms with van der Waals surface area (Å²) in [6.45, 7) is 1.05. The maximum Gasteiger partial charge on any atom is 0.337 e. The first-order valence-electron chi connectivity index (χ1n) is 3.27. The van der Waals surface area contributed by atoms with E-state index in [1.807, 2.05) is 0 Å². The summed E-state index contributed by atoms with van der Waals surface area (Å²) >= 11 is 0. The van der Waals surface area contributed by atoms with E-state index < -0.39 is 24.8 Å². The van der Waals surface area contributed by atoms with Gasteiger partial charge in [-0.25, -0.2) is 4.79 Å². The van der Waals surface area contributed by atoms with E-state index in [1.54, 1.807) is 6.92 Å². The van der Waals surface area contributed by atoms with Crippen LogP contribution in [0.25, 0.3) is 0 Å². The molecule has 5 nitrogen and oxygen atoms in total. The number of hydrogen-bond donors (Lipinski definition) is 3. The van der Waals surface area contributed by atoms with E-state index in [0.717, 1.165) is 0 Å². The number of aliphatic hydroxyl groups is 3. The third-order valence-electron chi connectivity index (χ3n) is 1.08. The summed E-state index contributed by atoms with van der Waals surface area (Å²) in [4.78, 5) is 10.6. The van der Waals surface area contributed by atoms with Crippen LogP contribution in [0.1, 0.15) is 6.92 Å². The van der Waals surface area contributed by atoms with Crippen molar-refractivity contribution < 1.29 is 24.9 Å². The van der Waals surface area contributed by atoms with E-state index in [9.17, 15) is 4.79 Å². The molecule has 0 aromatic carbocycles. The second-order valence-corrected chi connectivity index (χ2v) is 1.95. The highest BCUT2D eigenvalue weighted by atomic mass is 16.5. The minimum absolute atomic E-state index is 0.133. The number of rotatable bonds is 4. The summed E-state index contributed by atoms with van der Waals surface area (Å²) in [6.07, 6.45) is -3.12. The van der Waals surface area contributed by atoms with Crippen LogP contribution in [0.2, 0.25) is 0 Å². The van der Waals surface area contributed by atoms with Crippen LogP contribution in [0, 0.1) is 0 Å². The van der Waals surface area contributed by atoms with Gasteiger partial charge in [0.2, 0.25) is 0 Å². The van der Waals surface area contributed by atoms with Crippen LogP contribution < -0.4 is 0 Å². The van der Waals surface area contributed by atoms with E-state index in [-0.39, 0.29) is 6.61 Å². The summed E-state index contributed by atoms with van der Waals surface area (Å²) < 4.78 is 4.37. The Balaban J connectivity index is 3.80. The molecule has 0 amide bonds. The zero-order chi connectivity index (χ0) is 8.85. The smallest absolute Gasteiger partial charge is 0.337 e. The van der Waals surface area contributed by atoms with Crippen molar-refractivity contribution in [1.82, 2.24) is 0 Å². The largest absolute Gasteiger partial charge is 0.464 e. The first-order chi connectivity index (χ1) is 5.13. The molecule has 0 saturated carbocycles. The Morgan fingerprint density at radius 1 is 1.55 bits per heavy atom. The molecular formula is C6H12O5. The number of esters is 1. The molecule has 66 valence electrons. The molecule has 0 rings (SSSR count). The monoisotopic (exact) mass is 164 g/mol. The minimum Gasteiger partial charge on any atom is -0.464 e. The van der Waals surface area contributed by atoms with Crippen molar-refractivity contribution >= 4 is 5.97 Å². The lowest BCUT2D eigenvalue weighted by molar-refractivity contribution is -0.160. The fraction of sp³-hybridized carbons (Fsp3) is 0.833. The van der Waals surface area contributed by atoms with E-state index in [4.69, 9.17) is 15.3 Å². The van der Waals surface area contributed by atoms with Gasteiger partial charge < -0.3 is 20.1 Å². The van der Waals surface area contributed by atoms with Gasteiger partial charge in [-0.15, -0.1) is 0 Å². The van der Waals surface area contributed by atoms with Crippen molar-refractivity contribution in [3.8, 4) is 0 Å². The minimum atomic E-state index is -1.65. The molecule has 3 N–H and O–H groups in total.